The predicted octanol–water partition coefficient (Wildman–Crippen LogP) is 2.80. The Morgan fingerprint density at radius 1 is 1.28 bits per heavy atom. The molecule has 0 radical (unpaired) electrons. The van der Waals surface area contributed by atoms with Gasteiger partial charge in [0.05, 0.1) is 23.8 Å². The number of nitrogens with two attached hydrogens (primary N) is 1. The van der Waals surface area contributed by atoms with E-state index in [-0.39, 0.29) is 11.4 Å². The van der Waals surface area contributed by atoms with E-state index in [9.17, 15) is 4.79 Å². The van der Waals surface area contributed by atoms with Crippen LogP contribution in [0.3, 0.4) is 0 Å². The van der Waals surface area contributed by atoms with Crippen LogP contribution >= 0.6 is 0 Å². The molecule has 0 aliphatic rings. The van der Waals surface area contributed by atoms with Gasteiger partial charge in [-0.15, -0.1) is 0 Å². The van der Waals surface area contributed by atoms with Crippen molar-refractivity contribution < 1.29 is 9.21 Å². The number of carbonyl (C=O) groups excluding carboxylic acids is 1. The molecule has 25 heavy (non-hydrogen) atoms. The Morgan fingerprint density at radius 2 is 2.12 bits per heavy atom. The van der Waals surface area contributed by atoms with Gasteiger partial charge in [-0.2, -0.15) is 5.26 Å². The number of nitrogens with one attached hydrogen (secondary N) is 2. The van der Waals surface area contributed by atoms with E-state index in [0.29, 0.717) is 28.1 Å². The van der Waals surface area contributed by atoms with Gasteiger partial charge in [-0.1, -0.05) is 0 Å². The summed E-state index contributed by atoms with van der Waals surface area (Å²) >= 11 is 0. The van der Waals surface area contributed by atoms with E-state index in [1.807, 2.05) is 6.07 Å². The van der Waals surface area contributed by atoms with Crippen LogP contribution in [0, 0.1) is 16.7 Å². The number of hydrogen-bond acceptors (Lipinski definition) is 6. The van der Waals surface area contributed by atoms with E-state index < -0.39 is 5.91 Å². The summed E-state index contributed by atoms with van der Waals surface area (Å²) in [7, 11) is 0. The maximum absolute atomic E-state index is 12.3. The molecule has 122 valence electrons. The molecule has 0 bridgehead atoms. The molecule has 2 heterocycles. The van der Waals surface area contributed by atoms with E-state index in [1.165, 1.54) is 30.9 Å². The highest BCUT2D eigenvalue weighted by atomic mass is 16.3. The number of nitrogens with zero attached hydrogens (tertiary/aromatic N) is 2. The molecule has 4 N–H and O–H groups in total. The molecule has 2 aromatic heterocycles. The molecule has 1 amide bonds. The van der Waals surface area contributed by atoms with Gasteiger partial charge < -0.3 is 15.5 Å². The quantitative estimate of drug-likeness (QED) is 0.500. The number of benzene rings is 1. The van der Waals surface area contributed by atoms with Gasteiger partial charge in [-0.3, -0.25) is 10.2 Å². The van der Waals surface area contributed by atoms with Crippen LogP contribution in [0.2, 0.25) is 0 Å². The minimum atomic E-state index is -0.421. The molecule has 0 fully saturated rings. The number of aromatic nitrogens is 1. The first-order valence-electron chi connectivity index (χ1n) is 7.27. The Kier molecular flexibility index (Phi) is 4.26. The Bertz CT molecular complexity index is 970. The number of anilines is 2. The van der Waals surface area contributed by atoms with Crippen molar-refractivity contribution >= 4 is 23.0 Å². The lowest BCUT2D eigenvalue weighted by Gasteiger charge is -2.10. The van der Waals surface area contributed by atoms with Gasteiger partial charge in [0, 0.05) is 28.7 Å². The molecule has 0 atom stereocenters. The molecule has 0 saturated heterocycles. The Hall–Kier alpha value is -3.92. The molecule has 1 aromatic carbocycles. The van der Waals surface area contributed by atoms with Crippen LogP contribution in [-0.4, -0.2) is 16.6 Å². The number of pyridine rings is 1. The topological polar surface area (TPSA) is 129 Å². The van der Waals surface area contributed by atoms with Gasteiger partial charge in [0.2, 0.25) is 0 Å². The fraction of sp³-hybridized carbons (Fsp3) is 0. The van der Waals surface area contributed by atoms with Crippen molar-refractivity contribution in [2.75, 3.05) is 11.1 Å². The monoisotopic (exact) mass is 331 g/mol. The summed E-state index contributed by atoms with van der Waals surface area (Å²) in [5.74, 6) is -0.421. The van der Waals surface area contributed by atoms with Crippen LogP contribution < -0.4 is 11.1 Å². The molecule has 0 aliphatic heterocycles. The number of amides is 1. The molecule has 0 unspecified atom stereocenters. The Labute approximate surface area is 143 Å². The summed E-state index contributed by atoms with van der Waals surface area (Å²) in [4.78, 5) is 16.2. The Balaban J connectivity index is 1.83. The van der Waals surface area contributed by atoms with E-state index >= 15 is 0 Å². The smallest absolute Gasteiger partial charge is 0.274 e. The molecular weight excluding hydrogens is 318 g/mol. The number of nitrogen functional groups attached to an aromatic ring is 1. The van der Waals surface area contributed by atoms with Gasteiger partial charge in [0.25, 0.3) is 5.91 Å². The first-order valence-corrected chi connectivity index (χ1v) is 7.27. The molecule has 7 heteroatoms. The summed E-state index contributed by atoms with van der Waals surface area (Å²) in [5.41, 5.74) is 8.66. The largest absolute Gasteiger partial charge is 0.472 e. The summed E-state index contributed by atoms with van der Waals surface area (Å²) in [6, 6.07) is 11.5. The number of carbonyl (C=O) groups is 1. The normalized spacial score (nSPS) is 10.0. The number of nitriles is 1. The third kappa shape index (κ3) is 3.38. The maximum Gasteiger partial charge on any atom is 0.274 e. The highest BCUT2D eigenvalue weighted by molar-refractivity contribution is 6.14. The van der Waals surface area contributed by atoms with Gasteiger partial charge in [-0.05, 0) is 36.4 Å². The second-order valence-electron chi connectivity index (χ2n) is 5.19. The summed E-state index contributed by atoms with van der Waals surface area (Å²) in [6.45, 7) is 0. The second-order valence-corrected chi connectivity index (χ2v) is 5.19. The van der Waals surface area contributed by atoms with Crippen LogP contribution in [0.25, 0.3) is 0 Å². The third-order valence-electron chi connectivity index (χ3n) is 3.52. The van der Waals surface area contributed by atoms with Crippen molar-refractivity contribution in [3.8, 4) is 6.07 Å². The summed E-state index contributed by atoms with van der Waals surface area (Å²) < 4.78 is 4.99. The van der Waals surface area contributed by atoms with Crippen LogP contribution in [-0.2, 0) is 0 Å². The van der Waals surface area contributed by atoms with Gasteiger partial charge in [0.15, 0.2) is 0 Å². The van der Waals surface area contributed by atoms with Gasteiger partial charge >= 0.3 is 0 Å². The predicted molar refractivity (Wildman–Crippen MR) is 92.4 cm³/mol. The SMILES string of the molecule is N#Cc1ccc(C(=O)Nc2ccc(N)c(C(=N)c3ccoc3)c2)nc1. The van der Waals surface area contributed by atoms with Crippen molar-refractivity contribution in [2.24, 2.45) is 0 Å². The Morgan fingerprint density at radius 3 is 2.76 bits per heavy atom. The fourth-order valence-electron chi connectivity index (χ4n) is 2.20. The minimum Gasteiger partial charge on any atom is -0.472 e. The van der Waals surface area contributed by atoms with Crippen LogP contribution in [0.1, 0.15) is 27.2 Å². The van der Waals surface area contributed by atoms with Crippen molar-refractivity contribution in [1.82, 2.24) is 4.98 Å². The highest BCUT2D eigenvalue weighted by Crippen LogP contribution is 2.22. The lowest BCUT2D eigenvalue weighted by molar-refractivity contribution is 0.102. The first kappa shape index (κ1) is 16.0. The van der Waals surface area contributed by atoms with Gasteiger partial charge in [-0.25, -0.2) is 4.98 Å². The highest BCUT2D eigenvalue weighted by Gasteiger charge is 2.13. The van der Waals surface area contributed by atoms with Crippen molar-refractivity contribution in [3.63, 3.8) is 0 Å². The lowest BCUT2D eigenvalue weighted by atomic mass is 10.0. The van der Waals surface area contributed by atoms with Crippen LogP contribution in [0.15, 0.2) is 59.5 Å². The van der Waals surface area contributed by atoms with Crippen LogP contribution in [0.5, 0.6) is 0 Å². The van der Waals surface area contributed by atoms with Crippen molar-refractivity contribution in [1.29, 1.82) is 10.7 Å². The molecule has 0 aliphatic carbocycles. The minimum absolute atomic E-state index is 0.183. The second kappa shape index (κ2) is 6.68. The zero-order valence-electron chi connectivity index (χ0n) is 13.0. The van der Waals surface area contributed by atoms with E-state index in [4.69, 9.17) is 20.8 Å². The molecular formula is C18H13N5O2. The fourth-order valence-corrected chi connectivity index (χ4v) is 2.20. The lowest BCUT2D eigenvalue weighted by Crippen LogP contribution is -2.14. The molecule has 0 saturated carbocycles. The average Bonchev–Trinajstić information content (AvgIpc) is 3.17. The van der Waals surface area contributed by atoms with E-state index in [0.717, 1.165) is 0 Å². The van der Waals surface area contributed by atoms with Crippen molar-refractivity contribution in [2.45, 2.75) is 0 Å². The molecule has 0 spiro atoms. The van der Waals surface area contributed by atoms with Gasteiger partial charge in [0.1, 0.15) is 11.8 Å². The zero-order valence-corrected chi connectivity index (χ0v) is 13.0. The number of hydrogen-bond donors (Lipinski definition) is 3. The zero-order chi connectivity index (χ0) is 17.8. The van der Waals surface area contributed by atoms with E-state index in [2.05, 4.69) is 10.3 Å². The average molecular weight is 331 g/mol. The molecule has 3 aromatic rings. The number of furan rings is 1. The van der Waals surface area contributed by atoms with E-state index in [1.54, 1.807) is 24.3 Å². The summed E-state index contributed by atoms with van der Waals surface area (Å²) in [6.07, 6.45) is 4.26. The molecule has 3 rings (SSSR count). The first-order chi connectivity index (χ1) is 12.1. The standard InChI is InChI=1S/C18H13N5O2/c19-8-11-1-4-16(22-9-11)18(24)23-13-2-3-15(20)14(7-13)17(21)12-5-6-25-10-12/h1-7,9-10,21H,20H2,(H,23,24). The number of rotatable bonds is 4. The summed E-state index contributed by atoms with van der Waals surface area (Å²) in [5, 5.41) is 19.7. The molecule has 7 nitrogen and oxygen atoms in total. The van der Waals surface area contributed by atoms with Crippen molar-refractivity contribution in [3.05, 3.63) is 77.5 Å². The maximum atomic E-state index is 12.3. The third-order valence-corrected chi connectivity index (χ3v) is 3.52. The van der Waals surface area contributed by atoms with Crippen LogP contribution in [0.4, 0.5) is 11.4 Å².